The molecule has 0 aliphatic heterocycles. The van der Waals surface area contributed by atoms with Crippen LogP contribution >= 0.6 is 27.3 Å². The number of halogens is 1. The van der Waals surface area contributed by atoms with Crippen LogP contribution in [0.5, 0.6) is 0 Å². The number of hydrogen-bond donors (Lipinski definition) is 0. The van der Waals surface area contributed by atoms with Crippen LogP contribution in [0.15, 0.2) is 45.6 Å². The molecule has 1 heterocycles. The Morgan fingerprint density at radius 3 is 2.65 bits per heavy atom. The molecule has 0 atom stereocenters. The second kappa shape index (κ2) is 5.98. The lowest BCUT2D eigenvalue weighted by atomic mass is 10.2. The van der Waals surface area contributed by atoms with Crippen LogP contribution in [0.4, 0.5) is 0 Å². The minimum Gasteiger partial charge on any atom is -0.462 e. The Morgan fingerprint density at radius 1 is 1.24 bits per heavy atom. The molecule has 1 aromatic carbocycles. The van der Waals surface area contributed by atoms with E-state index in [9.17, 15) is 4.79 Å². The SMILES string of the molecule is O=C(OCCc1ccsc1)c1ccc(Br)cc1. The highest BCUT2D eigenvalue weighted by Crippen LogP contribution is 2.12. The van der Waals surface area contributed by atoms with Crippen LogP contribution in [0.25, 0.3) is 0 Å². The van der Waals surface area contributed by atoms with Crippen molar-refractivity contribution in [3.05, 3.63) is 56.7 Å². The predicted molar refractivity (Wildman–Crippen MR) is 72.4 cm³/mol. The number of thiophene rings is 1. The molecule has 0 saturated heterocycles. The lowest BCUT2D eigenvalue weighted by Crippen LogP contribution is -2.07. The minimum atomic E-state index is -0.271. The highest BCUT2D eigenvalue weighted by atomic mass is 79.9. The van der Waals surface area contributed by atoms with Gasteiger partial charge in [-0.1, -0.05) is 15.9 Å². The Morgan fingerprint density at radius 2 is 2.00 bits per heavy atom. The third-order valence-corrected chi connectivity index (χ3v) is 3.54. The molecule has 0 bridgehead atoms. The molecule has 0 spiro atoms. The molecular weight excluding hydrogens is 300 g/mol. The fourth-order valence-corrected chi connectivity index (χ4v) is 2.33. The predicted octanol–water partition coefficient (Wildman–Crippen LogP) is 3.91. The largest absolute Gasteiger partial charge is 0.462 e. The maximum absolute atomic E-state index is 11.6. The van der Waals surface area contributed by atoms with Gasteiger partial charge in [0.05, 0.1) is 12.2 Å². The first-order valence-electron chi connectivity index (χ1n) is 5.19. The zero-order chi connectivity index (χ0) is 12.1. The van der Waals surface area contributed by atoms with Gasteiger partial charge in [0, 0.05) is 10.9 Å². The summed E-state index contributed by atoms with van der Waals surface area (Å²) in [5.41, 5.74) is 1.79. The van der Waals surface area contributed by atoms with Gasteiger partial charge in [-0.3, -0.25) is 0 Å². The van der Waals surface area contributed by atoms with E-state index >= 15 is 0 Å². The molecule has 2 nitrogen and oxygen atoms in total. The highest BCUT2D eigenvalue weighted by Gasteiger charge is 2.06. The quantitative estimate of drug-likeness (QED) is 0.800. The second-order valence-electron chi connectivity index (χ2n) is 3.52. The monoisotopic (exact) mass is 310 g/mol. The molecule has 0 radical (unpaired) electrons. The number of rotatable bonds is 4. The van der Waals surface area contributed by atoms with Gasteiger partial charge in [-0.25, -0.2) is 4.79 Å². The first-order chi connectivity index (χ1) is 8.25. The summed E-state index contributed by atoms with van der Waals surface area (Å²) in [6.45, 7) is 0.422. The van der Waals surface area contributed by atoms with Gasteiger partial charge < -0.3 is 4.74 Å². The van der Waals surface area contributed by atoms with Crippen molar-refractivity contribution in [2.24, 2.45) is 0 Å². The molecular formula is C13H11BrO2S. The van der Waals surface area contributed by atoms with Crippen molar-refractivity contribution in [1.82, 2.24) is 0 Å². The van der Waals surface area contributed by atoms with Crippen molar-refractivity contribution in [1.29, 1.82) is 0 Å². The molecule has 2 aromatic rings. The van der Waals surface area contributed by atoms with Crippen molar-refractivity contribution in [2.75, 3.05) is 6.61 Å². The van der Waals surface area contributed by atoms with Crippen molar-refractivity contribution in [3.8, 4) is 0 Å². The van der Waals surface area contributed by atoms with Gasteiger partial charge in [0.15, 0.2) is 0 Å². The number of hydrogen-bond acceptors (Lipinski definition) is 3. The standard InChI is InChI=1S/C13H11BrO2S/c14-12-3-1-11(2-4-12)13(15)16-7-5-10-6-8-17-9-10/h1-4,6,8-9H,5,7H2. The summed E-state index contributed by atoms with van der Waals surface area (Å²) in [7, 11) is 0. The minimum absolute atomic E-state index is 0.271. The molecule has 0 saturated carbocycles. The maximum atomic E-state index is 11.6. The molecule has 1 aromatic heterocycles. The summed E-state index contributed by atoms with van der Waals surface area (Å²) in [6.07, 6.45) is 0.770. The number of carbonyl (C=O) groups excluding carboxylic acids is 1. The van der Waals surface area contributed by atoms with Crippen LogP contribution in [0, 0.1) is 0 Å². The molecule has 0 aliphatic rings. The van der Waals surface area contributed by atoms with Gasteiger partial charge in [-0.05, 0) is 46.7 Å². The van der Waals surface area contributed by atoms with E-state index in [0.717, 1.165) is 10.9 Å². The third-order valence-electron chi connectivity index (χ3n) is 2.28. The number of carbonyl (C=O) groups is 1. The number of ether oxygens (including phenoxy) is 1. The summed E-state index contributed by atoms with van der Waals surface area (Å²) in [6, 6.07) is 9.19. The van der Waals surface area contributed by atoms with Crippen molar-refractivity contribution < 1.29 is 9.53 Å². The summed E-state index contributed by atoms with van der Waals surface area (Å²) >= 11 is 4.97. The van der Waals surface area contributed by atoms with Crippen LogP contribution < -0.4 is 0 Å². The molecule has 17 heavy (non-hydrogen) atoms. The van der Waals surface area contributed by atoms with Crippen LogP contribution in [0.1, 0.15) is 15.9 Å². The number of benzene rings is 1. The van der Waals surface area contributed by atoms with Gasteiger partial charge in [0.1, 0.15) is 0 Å². The van der Waals surface area contributed by atoms with Crippen LogP contribution in [0.3, 0.4) is 0 Å². The van der Waals surface area contributed by atoms with E-state index in [1.807, 2.05) is 23.6 Å². The maximum Gasteiger partial charge on any atom is 0.338 e. The zero-order valence-electron chi connectivity index (χ0n) is 9.06. The second-order valence-corrected chi connectivity index (χ2v) is 5.22. The van der Waals surface area contributed by atoms with Gasteiger partial charge in [-0.2, -0.15) is 11.3 Å². The molecule has 0 unspecified atom stereocenters. The van der Waals surface area contributed by atoms with Crippen molar-refractivity contribution >= 4 is 33.2 Å². The molecule has 2 rings (SSSR count). The Kier molecular flexibility index (Phi) is 4.34. The van der Waals surface area contributed by atoms with Gasteiger partial charge in [-0.15, -0.1) is 0 Å². The Labute approximate surface area is 112 Å². The van der Waals surface area contributed by atoms with Crippen LogP contribution in [-0.2, 0) is 11.2 Å². The molecule has 0 N–H and O–H groups in total. The Hall–Kier alpha value is -1.13. The van der Waals surface area contributed by atoms with Crippen LogP contribution in [0.2, 0.25) is 0 Å². The van der Waals surface area contributed by atoms with Crippen LogP contribution in [-0.4, -0.2) is 12.6 Å². The summed E-state index contributed by atoms with van der Waals surface area (Å²) < 4.78 is 6.14. The first-order valence-corrected chi connectivity index (χ1v) is 6.93. The van der Waals surface area contributed by atoms with E-state index in [1.54, 1.807) is 23.5 Å². The average Bonchev–Trinajstić information content (AvgIpc) is 2.83. The van der Waals surface area contributed by atoms with E-state index in [4.69, 9.17) is 4.74 Å². The summed E-state index contributed by atoms with van der Waals surface area (Å²) in [4.78, 5) is 11.6. The zero-order valence-corrected chi connectivity index (χ0v) is 11.5. The lowest BCUT2D eigenvalue weighted by molar-refractivity contribution is 0.0509. The fourth-order valence-electron chi connectivity index (χ4n) is 1.37. The number of esters is 1. The molecule has 0 amide bonds. The summed E-state index contributed by atoms with van der Waals surface area (Å²) in [5, 5.41) is 4.08. The first kappa shape index (κ1) is 12.3. The third kappa shape index (κ3) is 3.68. The van der Waals surface area contributed by atoms with E-state index < -0.39 is 0 Å². The van der Waals surface area contributed by atoms with E-state index in [1.165, 1.54) is 5.56 Å². The normalized spacial score (nSPS) is 10.2. The van der Waals surface area contributed by atoms with Gasteiger partial charge in [0.25, 0.3) is 0 Å². The van der Waals surface area contributed by atoms with Gasteiger partial charge in [0.2, 0.25) is 0 Å². The highest BCUT2D eigenvalue weighted by molar-refractivity contribution is 9.10. The Bertz CT molecular complexity index is 477. The van der Waals surface area contributed by atoms with Gasteiger partial charge >= 0.3 is 5.97 Å². The average molecular weight is 311 g/mol. The molecule has 0 aliphatic carbocycles. The topological polar surface area (TPSA) is 26.3 Å². The van der Waals surface area contributed by atoms with Crippen molar-refractivity contribution in [2.45, 2.75) is 6.42 Å². The molecule has 88 valence electrons. The summed E-state index contributed by atoms with van der Waals surface area (Å²) in [5.74, 6) is -0.271. The van der Waals surface area contributed by atoms with Crippen molar-refractivity contribution in [3.63, 3.8) is 0 Å². The van der Waals surface area contributed by atoms with E-state index in [2.05, 4.69) is 21.3 Å². The van der Waals surface area contributed by atoms with E-state index in [-0.39, 0.29) is 5.97 Å². The molecule has 4 heteroatoms. The van der Waals surface area contributed by atoms with E-state index in [0.29, 0.717) is 12.2 Å². The fraction of sp³-hybridized carbons (Fsp3) is 0.154. The lowest BCUT2D eigenvalue weighted by Gasteiger charge is -2.03. The smallest absolute Gasteiger partial charge is 0.338 e. The molecule has 0 fully saturated rings. The Balaban J connectivity index is 1.83.